The van der Waals surface area contributed by atoms with Crippen LogP contribution in [0.25, 0.3) is 20.2 Å². The Balaban J connectivity index is 1.87. The Morgan fingerprint density at radius 2 is 1.76 bits per heavy atom. The molecule has 4 rings (SSSR count). The summed E-state index contributed by atoms with van der Waals surface area (Å²) in [5.41, 5.74) is 4.36. The van der Waals surface area contributed by atoms with Crippen molar-refractivity contribution in [3.63, 3.8) is 0 Å². The zero-order valence-corrected chi connectivity index (χ0v) is 10.8. The molecule has 0 fully saturated rings. The maximum atomic E-state index is 2.36. The normalized spacial score (nSPS) is 12.5. The fraction of sp³-hybridized carbons (Fsp3) is 0.0667. The van der Waals surface area contributed by atoms with Crippen LogP contribution in [0.3, 0.4) is 0 Å². The topological polar surface area (TPSA) is 0 Å². The summed E-state index contributed by atoms with van der Waals surface area (Å²) in [6.45, 7) is 0. The van der Waals surface area contributed by atoms with Crippen LogP contribution in [0.5, 0.6) is 0 Å². The van der Waals surface area contributed by atoms with E-state index in [0.717, 1.165) is 6.42 Å². The molecule has 0 amide bonds. The lowest BCUT2D eigenvalue weighted by atomic mass is 10.1. The zero-order chi connectivity index (χ0) is 11.2. The zero-order valence-electron chi connectivity index (χ0n) is 9.14. The molecule has 0 aliphatic heterocycles. The van der Waals surface area contributed by atoms with Gasteiger partial charge in [-0.2, -0.15) is 0 Å². The van der Waals surface area contributed by atoms with Gasteiger partial charge in [0.25, 0.3) is 0 Å². The highest BCUT2D eigenvalue weighted by Crippen LogP contribution is 2.47. The van der Waals surface area contributed by atoms with Crippen molar-refractivity contribution in [2.24, 2.45) is 0 Å². The third-order valence-electron chi connectivity index (χ3n) is 3.20. The maximum Gasteiger partial charge on any atom is 0.0487 e. The second-order valence-electron chi connectivity index (χ2n) is 4.28. The van der Waals surface area contributed by atoms with Crippen LogP contribution >= 0.6 is 22.7 Å². The molecule has 1 aliphatic carbocycles. The second kappa shape index (κ2) is 3.56. The maximum absolute atomic E-state index is 2.36. The number of hydrogen-bond acceptors (Lipinski definition) is 2. The van der Waals surface area contributed by atoms with Crippen molar-refractivity contribution in [3.8, 4) is 20.2 Å². The predicted octanol–water partition coefficient (Wildman–Crippen LogP) is 5.05. The first-order valence-corrected chi connectivity index (χ1v) is 7.36. The number of hydrogen-bond donors (Lipinski definition) is 0. The van der Waals surface area contributed by atoms with Crippen LogP contribution in [0, 0.1) is 0 Å². The Hall–Kier alpha value is -1.38. The Kier molecular flexibility index (Phi) is 2.01. The summed E-state index contributed by atoms with van der Waals surface area (Å²) in [7, 11) is 0. The van der Waals surface area contributed by atoms with Gasteiger partial charge >= 0.3 is 0 Å². The average Bonchev–Trinajstić information content (AvgIpc) is 3.00. The van der Waals surface area contributed by atoms with E-state index in [1.807, 2.05) is 22.7 Å². The second-order valence-corrected chi connectivity index (χ2v) is 6.25. The molecule has 0 N–H and O–H groups in total. The van der Waals surface area contributed by atoms with Crippen LogP contribution in [0.4, 0.5) is 0 Å². The van der Waals surface area contributed by atoms with Crippen molar-refractivity contribution in [1.82, 2.24) is 0 Å². The minimum atomic E-state index is 1.12. The van der Waals surface area contributed by atoms with Crippen LogP contribution < -0.4 is 0 Å². The Labute approximate surface area is 108 Å². The van der Waals surface area contributed by atoms with Crippen LogP contribution in [0.15, 0.2) is 47.8 Å². The first kappa shape index (κ1) is 9.63. The average molecular weight is 254 g/mol. The first-order chi connectivity index (χ1) is 8.42. The lowest BCUT2D eigenvalue weighted by Crippen LogP contribution is -1.75. The van der Waals surface area contributed by atoms with Gasteiger partial charge in [-0.3, -0.25) is 0 Å². The van der Waals surface area contributed by atoms with Gasteiger partial charge in [0.1, 0.15) is 0 Å². The molecule has 2 heterocycles. The molecule has 82 valence electrons. The van der Waals surface area contributed by atoms with E-state index in [1.165, 1.54) is 31.3 Å². The van der Waals surface area contributed by atoms with Gasteiger partial charge in [-0.1, -0.05) is 30.3 Å². The lowest BCUT2D eigenvalue weighted by Gasteiger charge is -1.96. The molecule has 2 heteroatoms. The molecule has 0 bridgehead atoms. The number of rotatable bonds is 1. The minimum absolute atomic E-state index is 1.12. The molecule has 0 saturated carbocycles. The summed E-state index contributed by atoms with van der Waals surface area (Å²) < 4.78 is 0. The SMILES string of the molecule is c1ccc(-c2cc3c(s2)-c2sccc2C3)cc1. The summed E-state index contributed by atoms with van der Waals surface area (Å²) in [5.74, 6) is 0. The van der Waals surface area contributed by atoms with Gasteiger partial charge in [0.15, 0.2) is 0 Å². The van der Waals surface area contributed by atoms with Gasteiger partial charge in [0.05, 0.1) is 0 Å². The molecule has 0 spiro atoms. The molecular formula is C15H10S2. The van der Waals surface area contributed by atoms with E-state index in [-0.39, 0.29) is 0 Å². The van der Waals surface area contributed by atoms with Crippen LogP contribution in [-0.4, -0.2) is 0 Å². The van der Waals surface area contributed by atoms with E-state index in [1.54, 1.807) is 0 Å². The van der Waals surface area contributed by atoms with Gasteiger partial charge in [-0.05, 0) is 34.2 Å². The molecule has 0 nitrogen and oxygen atoms in total. The molecule has 3 aromatic rings. The summed E-state index contributed by atoms with van der Waals surface area (Å²) in [4.78, 5) is 4.38. The lowest BCUT2D eigenvalue weighted by molar-refractivity contribution is 1.28. The predicted molar refractivity (Wildman–Crippen MR) is 75.9 cm³/mol. The van der Waals surface area contributed by atoms with E-state index < -0.39 is 0 Å². The highest BCUT2D eigenvalue weighted by atomic mass is 32.1. The summed E-state index contributed by atoms with van der Waals surface area (Å²) >= 11 is 3.81. The summed E-state index contributed by atoms with van der Waals surface area (Å²) in [6.07, 6.45) is 1.12. The highest BCUT2D eigenvalue weighted by molar-refractivity contribution is 7.23. The molecular weight excluding hydrogens is 244 g/mol. The fourth-order valence-corrected chi connectivity index (χ4v) is 4.70. The molecule has 0 unspecified atom stereocenters. The van der Waals surface area contributed by atoms with Crippen molar-refractivity contribution in [2.45, 2.75) is 6.42 Å². The van der Waals surface area contributed by atoms with Crippen LogP contribution in [0.2, 0.25) is 0 Å². The summed E-state index contributed by atoms with van der Waals surface area (Å²) in [5, 5.41) is 2.20. The molecule has 1 aromatic carbocycles. The molecule has 2 aromatic heterocycles. The quantitative estimate of drug-likeness (QED) is 0.446. The van der Waals surface area contributed by atoms with Crippen LogP contribution in [0.1, 0.15) is 11.1 Å². The smallest absolute Gasteiger partial charge is 0.0487 e. The molecule has 0 saturated heterocycles. The molecule has 17 heavy (non-hydrogen) atoms. The first-order valence-electron chi connectivity index (χ1n) is 5.67. The summed E-state index contributed by atoms with van der Waals surface area (Å²) in [6, 6.07) is 15.3. The van der Waals surface area contributed by atoms with Crippen molar-refractivity contribution >= 4 is 22.7 Å². The van der Waals surface area contributed by atoms with E-state index >= 15 is 0 Å². The van der Waals surface area contributed by atoms with E-state index in [9.17, 15) is 0 Å². The van der Waals surface area contributed by atoms with Gasteiger partial charge in [-0.25, -0.2) is 0 Å². The monoisotopic (exact) mass is 254 g/mol. The van der Waals surface area contributed by atoms with Gasteiger partial charge in [0, 0.05) is 21.1 Å². The van der Waals surface area contributed by atoms with E-state index in [4.69, 9.17) is 0 Å². The fourth-order valence-electron chi connectivity index (χ4n) is 2.38. The number of benzene rings is 1. The van der Waals surface area contributed by atoms with Gasteiger partial charge in [0.2, 0.25) is 0 Å². The van der Waals surface area contributed by atoms with Gasteiger partial charge < -0.3 is 0 Å². The standard InChI is InChI=1S/C15H10S2/c1-2-4-10(5-3-1)13-9-12-8-11-6-7-16-14(11)15(12)17-13/h1-7,9H,8H2. The molecule has 1 aliphatic rings. The Morgan fingerprint density at radius 3 is 2.65 bits per heavy atom. The van der Waals surface area contributed by atoms with Crippen molar-refractivity contribution in [3.05, 3.63) is 59.0 Å². The van der Waals surface area contributed by atoms with Crippen molar-refractivity contribution < 1.29 is 0 Å². The van der Waals surface area contributed by atoms with E-state index in [0.29, 0.717) is 0 Å². The Morgan fingerprint density at radius 1 is 0.882 bits per heavy atom. The van der Waals surface area contributed by atoms with Crippen LogP contribution in [-0.2, 0) is 6.42 Å². The third kappa shape index (κ3) is 1.41. The largest absolute Gasteiger partial charge is 0.143 e. The highest BCUT2D eigenvalue weighted by Gasteiger charge is 2.22. The minimum Gasteiger partial charge on any atom is -0.143 e. The van der Waals surface area contributed by atoms with Crippen molar-refractivity contribution in [1.29, 1.82) is 0 Å². The number of thiophene rings is 2. The van der Waals surface area contributed by atoms with Gasteiger partial charge in [-0.15, -0.1) is 22.7 Å². The molecule has 0 radical (unpaired) electrons. The third-order valence-corrected chi connectivity index (χ3v) is 5.55. The molecule has 0 atom stereocenters. The number of fused-ring (bicyclic) bond motifs is 3. The van der Waals surface area contributed by atoms with Crippen molar-refractivity contribution in [2.75, 3.05) is 0 Å². The Bertz CT molecular complexity index is 674. The van der Waals surface area contributed by atoms with E-state index in [2.05, 4.69) is 47.8 Å².